The number of fused-ring (bicyclic) bond motifs is 5. The minimum absolute atomic E-state index is 0.0966. The van der Waals surface area contributed by atoms with E-state index in [0.717, 1.165) is 21.8 Å². The number of carbonyl (C=O) groups is 1. The molecular weight excluding hydrogens is 472 g/mol. The summed E-state index contributed by atoms with van der Waals surface area (Å²) < 4.78 is 28.5. The van der Waals surface area contributed by atoms with Crippen molar-refractivity contribution >= 4 is 43.5 Å². The number of halogens is 4. The Balaban J connectivity index is 1.71. The number of hydrogen-bond acceptors (Lipinski definition) is 2. The number of anilines is 1. The quantitative estimate of drug-likeness (QED) is 0.615. The van der Waals surface area contributed by atoms with Crippen molar-refractivity contribution in [3.05, 3.63) is 55.7 Å². The SMILES string of the molecule is Cn1cc(C(=O)Nc2cccc3c2C2CCC3C2=C(Br)Br)c(C(F)F)n1. The lowest BCUT2D eigenvalue weighted by atomic mass is 9.90. The number of amides is 1. The molecule has 1 fully saturated rings. The van der Waals surface area contributed by atoms with Crippen molar-refractivity contribution in [3.63, 3.8) is 0 Å². The molecule has 136 valence electrons. The van der Waals surface area contributed by atoms with Crippen LogP contribution in [0.1, 0.15) is 58.3 Å². The van der Waals surface area contributed by atoms with E-state index in [2.05, 4.69) is 48.3 Å². The predicted octanol–water partition coefficient (Wildman–Crippen LogP) is 5.59. The van der Waals surface area contributed by atoms with Gasteiger partial charge in [-0.3, -0.25) is 9.48 Å². The third kappa shape index (κ3) is 2.74. The van der Waals surface area contributed by atoms with Crippen molar-refractivity contribution in [2.24, 2.45) is 7.05 Å². The van der Waals surface area contributed by atoms with E-state index in [1.807, 2.05) is 12.1 Å². The molecule has 2 aliphatic rings. The second-order valence-electron chi connectivity index (χ2n) is 6.56. The van der Waals surface area contributed by atoms with Crippen LogP contribution in [0.15, 0.2) is 33.4 Å². The summed E-state index contributed by atoms with van der Waals surface area (Å²) >= 11 is 7.07. The summed E-state index contributed by atoms with van der Waals surface area (Å²) in [7, 11) is 1.52. The van der Waals surface area contributed by atoms with E-state index in [1.165, 1.54) is 29.1 Å². The molecule has 2 aromatic rings. The van der Waals surface area contributed by atoms with Crippen molar-refractivity contribution in [2.75, 3.05) is 5.32 Å². The summed E-state index contributed by atoms with van der Waals surface area (Å²) in [5, 5.41) is 6.54. The molecule has 0 radical (unpaired) electrons. The molecule has 1 N–H and O–H groups in total. The molecule has 4 rings (SSSR count). The fourth-order valence-electron chi connectivity index (χ4n) is 4.19. The van der Waals surface area contributed by atoms with Crippen LogP contribution in [0.3, 0.4) is 0 Å². The maximum Gasteiger partial charge on any atom is 0.282 e. The number of aryl methyl sites for hydroxylation is 1. The van der Waals surface area contributed by atoms with Crippen molar-refractivity contribution in [3.8, 4) is 0 Å². The Morgan fingerprint density at radius 3 is 2.73 bits per heavy atom. The van der Waals surface area contributed by atoms with E-state index in [4.69, 9.17) is 0 Å². The van der Waals surface area contributed by atoms with Crippen molar-refractivity contribution < 1.29 is 13.6 Å². The van der Waals surface area contributed by atoms with E-state index < -0.39 is 18.0 Å². The third-order valence-corrected chi connectivity index (χ3v) is 6.05. The molecule has 1 heterocycles. The van der Waals surface area contributed by atoms with Gasteiger partial charge in [0.15, 0.2) is 0 Å². The van der Waals surface area contributed by atoms with Crippen LogP contribution in [0, 0.1) is 0 Å². The highest BCUT2D eigenvalue weighted by Gasteiger charge is 2.44. The van der Waals surface area contributed by atoms with Crippen LogP contribution < -0.4 is 5.32 Å². The van der Waals surface area contributed by atoms with E-state index >= 15 is 0 Å². The van der Waals surface area contributed by atoms with E-state index in [0.29, 0.717) is 11.6 Å². The Morgan fingerprint density at radius 2 is 2.04 bits per heavy atom. The largest absolute Gasteiger partial charge is 0.322 e. The van der Waals surface area contributed by atoms with Gasteiger partial charge in [0, 0.05) is 30.8 Å². The van der Waals surface area contributed by atoms with Gasteiger partial charge in [0.05, 0.1) is 8.96 Å². The van der Waals surface area contributed by atoms with Crippen LogP contribution in [-0.2, 0) is 7.05 Å². The van der Waals surface area contributed by atoms with Gasteiger partial charge in [0.25, 0.3) is 12.3 Å². The topological polar surface area (TPSA) is 46.9 Å². The molecule has 2 unspecified atom stereocenters. The molecule has 1 amide bonds. The molecule has 1 aromatic carbocycles. The molecular formula is C18H15Br2F2N3O. The molecule has 4 nitrogen and oxygen atoms in total. The van der Waals surface area contributed by atoms with Crippen LogP contribution in [0.5, 0.6) is 0 Å². The van der Waals surface area contributed by atoms with Gasteiger partial charge in [-0.2, -0.15) is 5.10 Å². The molecule has 0 spiro atoms. The lowest BCUT2D eigenvalue weighted by Gasteiger charge is -2.18. The summed E-state index contributed by atoms with van der Waals surface area (Å²) in [4.78, 5) is 12.6. The first kappa shape index (κ1) is 17.9. The first-order valence-corrected chi connectivity index (χ1v) is 9.78. The molecule has 26 heavy (non-hydrogen) atoms. The Kier molecular flexibility index (Phi) is 4.51. The van der Waals surface area contributed by atoms with Gasteiger partial charge >= 0.3 is 0 Å². The number of nitrogens with zero attached hydrogens (tertiary/aromatic N) is 2. The molecule has 1 aromatic heterocycles. The number of benzene rings is 1. The van der Waals surface area contributed by atoms with Gasteiger partial charge < -0.3 is 5.32 Å². The Morgan fingerprint density at radius 1 is 1.31 bits per heavy atom. The second kappa shape index (κ2) is 6.56. The Bertz CT molecular complexity index is 935. The summed E-state index contributed by atoms with van der Waals surface area (Å²) in [5.74, 6) is -0.00709. The van der Waals surface area contributed by atoms with Gasteiger partial charge in [0.2, 0.25) is 0 Å². The predicted molar refractivity (Wildman–Crippen MR) is 102 cm³/mol. The minimum Gasteiger partial charge on any atom is -0.322 e. The van der Waals surface area contributed by atoms with Crippen LogP contribution in [-0.4, -0.2) is 15.7 Å². The van der Waals surface area contributed by atoms with Gasteiger partial charge in [-0.1, -0.05) is 12.1 Å². The molecule has 0 aliphatic heterocycles. The molecule has 2 aliphatic carbocycles. The van der Waals surface area contributed by atoms with Gasteiger partial charge in [-0.05, 0) is 67.5 Å². The Labute approximate surface area is 165 Å². The molecule has 2 bridgehead atoms. The molecule has 1 saturated carbocycles. The fourth-order valence-corrected chi connectivity index (χ4v) is 5.30. The molecule has 2 atom stereocenters. The average molecular weight is 487 g/mol. The number of carbonyl (C=O) groups excluding carboxylic acids is 1. The second-order valence-corrected chi connectivity index (χ2v) is 9.21. The maximum atomic E-state index is 13.1. The van der Waals surface area contributed by atoms with Gasteiger partial charge in [-0.15, -0.1) is 0 Å². The zero-order chi connectivity index (χ0) is 18.6. The third-order valence-electron chi connectivity index (χ3n) is 5.13. The number of hydrogen-bond donors (Lipinski definition) is 1. The van der Waals surface area contributed by atoms with Crippen LogP contribution in [0.4, 0.5) is 14.5 Å². The Hall–Kier alpha value is -1.54. The summed E-state index contributed by atoms with van der Waals surface area (Å²) in [5.41, 5.74) is 3.67. The standard InChI is InChI=1S/C18H15Br2F2N3O/c1-25-7-11(15(24-25)17(21)22)18(26)23-12-4-2-3-8-9-5-6-10(13(8)12)14(9)16(19)20/h2-4,7,9-10,17H,5-6H2,1H3,(H,23,26). The summed E-state index contributed by atoms with van der Waals surface area (Å²) in [6.07, 6.45) is 0.610. The lowest BCUT2D eigenvalue weighted by Crippen LogP contribution is -2.16. The highest BCUT2D eigenvalue weighted by molar-refractivity contribution is 9.28. The normalized spacial score (nSPS) is 20.6. The minimum atomic E-state index is -2.80. The van der Waals surface area contributed by atoms with Gasteiger partial charge in [0.1, 0.15) is 5.69 Å². The highest BCUT2D eigenvalue weighted by Crippen LogP contribution is 2.60. The zero-order valence-electron chi connectivity index (χ0n) is 13.8. The highest BCUT2D eigenvalue weighted by atomic mass is 79.9. The van der Waals surface area contributed by atoms with Crippen molar-refractivity contribution in [1.29, 1.82) is 0 Å². The number of alkyl halides is 2. The van der Waals surface area contributed by atoms with Crippen LogP contribution in [0.2, 0.25) is 0 Å². The van der Waals surface area contributed by atoms with Crippen LogP contribution in [0.25, 0.3) is 0 Å². The van der Waals surface area contributed by atoms with E-state index in [9.17, 15) is 13.6 Å². The van der Waals surface area contributed by atoms with Crippen LogP contribution >= 0.6 is 31.9 Å². The number of allylic oxidation sites excluding steroid dienone is 1. The average Bonchev–Trinajstić information content (AvgIpc) is 3.26. The number of rotatable bonds is 3. The fraction of sp³-hybridized carbons (Fsp3) is 0.333. The first-order chi connectivity index (χ1) is 12.4. The smallest absolute Gasteiger partial charge is 0.282 e. The maximum absolute atomic E-state index is 13.1. The number of nitrogens with one attached hydrogen (secondary N) is 1. The lowest BCUT2D eigenvalue weighted by molar-refractivity contribution is 0.101. The van der Waals surface area contributed by atoms with E-state index in [-0.39, 0.29) is 11.5 Å². The number of aromatic nitrogens is 2. The molecule has 8 heteroatoms. The first-order valence-electron chi connectivity index (χ1n) is 8.19. The summed E-state index contributed by atoms with van der Waals surface area (Å²) in [6, 6.07) is 5.80. The summed E-state index contributed by atoms with van der Waals surface area (Å²) in [6.45, 7) is 0. The van der Waals surface area contributed by atoms with Gasteiger partial charge in [-0.25, -0.2) is 8.78 Å². The zero-order valence-corrected chi connectivity index (χ0v) is 16.9. The van der Waals surface area contributed by atoms with Crippen molar-refractivity contribution in [2.45, 2.75) is 31.1 Å². The van der Waals surface area contributed by atoms with E-state index in [1.54, 1.807) is 0 Å². The molecule has 0 saturated heterocycles. The monoisotopic (exact) mass is 485 g/mol. The van der Waals surface area contributed by atoms with Crippen molar-refractivity contribution in [1.82, 2.24) is 9.78 Å².